The average Bonchev–Trinajstić information content (AvgIpc) is 2.76. The Balaban J connectivity index is 1.89. The van der Waals surface area contributed by atoms with Crippen LogP contribution >= 0.6 is 11.3 Å². The maximum Gasteiger partial charge on any atom is 0.0390 e. The second-order valence-corrected chi connectivity index (χ2v) is 6.49. The van der Waals surface area contributed by atoms with Crippen LogP contribution in [0.3, 0.4) is 0 Å². The lowest BCUT2D eigenvalue weighted by Crippen LogP contribution is -2.36. The Morgan fingerprint density at radius 2 is 1.94 bits per heavy atom. The zero-order valence-electron chi connectivity index (χ0n) is 11.3. The molecule has 2 rings (SSSR count). The topological polar surface area (TPSA) is 12.0 Å². The lowest BCUT2D eigenvalue weighted by molar-refractivity contribution is 0.269. The molecule has 0 spiro atoms. The SMILES string of the molecule is Cc1ccsc1C(C)N[C@H](C)C1CCCCC1. The predicted octanol–water partition coefficient (Wildman–Crippen LogP) is 4.68. The highest BCUT2D eigenvalue weighted by Gasteiger charge is 2.22. The van der Waals surface area contributed by atoms with Crippen LogP contribution in [-0.2, 0) is 0 Å². The lowest BCUT2D eigenvalue weighted by atomic mass is 9.84. The van der Waals surface area contributed by atoms with E-state index in [0.29, 0.717) is 12.1 Å². The van der Waals surface area contributed by atoms with Crippen LogP contribution in [0.5, 0.6) is 0 Å². The highest BCUT2D eigenvalue weighted by molar-refractivity contribution is 7.10. The van der Waals surface area contributed by atoms with Crippen LogP contribution in [0, 0.1) is 12.8 Å². The van der Waals surface area contributed by atoms with E-state index in [0.717, 1.165) is 5.92 Å². The van der Waals surface area contributed by atoms with Gasteiger partial charge in [-0.05, 0) is 56.5 Å². The minimum Gasteiger partial charge on any atom is -0.307 e. The Morgan fingerprint density at radius 1 is 1.24 bits per heavy atom. The van der Waals surface area contributed by atoms with Gasteiger partial charge >= 0.3 is 0 Å². The predicted molar refractivity (Wildman–Crippen MR) is 76.6 cm³/mol. The molecule has 0 bridgehead atoms. The summed E-state index contributed by atoms with van der Waals surface area (Å²) in [5.41, 5.74) is 1.44. The molecule has 2 atom stereocenters. The van der Waals surface area contributed by atoms with E-state index in [1.165, 1.54) is 42.5 Å². The van der Waals surface area contributed by atoms with E-state index in [1.54, 1.807) is 0 Å². The highest BCUT2D eigenvalue weighted by atomic mass is 32.1. The van der Waals surface area contributed by atoms with Gasteiger partial charge in [-0.1, -0.05) is 19.3 Å². The molecule has 1 aromatic heterocycles. The Kier molecular flexibility index (Phi) is 4.63. The molecule has 1 unspecified atom stereocenters. The molecule has 0 amide bonds. The fourth-order valence-corrected chi connectivity index (χ4v) is 4.01. The van der Waals surface area contributed by atoms with Crippen molar-refractivity contribution in [3.8, 4) is 0 Å². The summed E-state index contributed by atoms with van der Waals surface area (Å²) in [4.78, 5) is 1.51. The fraction of sp³-hybridized carbons (Fsp3) is 0.733. The average molecular weight is 251 g/mol. The third-order valence-electron chi connectivity index (χ3n) is 4.16. The Labute approximate surface area is 110 Å². The summed E-state index contributed by atoms with van der Waals surface area (Å²) >= 11 is 1.88. The van der Waals surface area contributed by atoms with Gasteiger partial charge in [0.2, 0.25) is 0 Å². The van der Waals surface area contributed by atoms with Gasteiger partial charge in [-0.25, -0.2) is 0 Å². The molecular formula is C15H25NS. The Bertz CT molecular complexity index is 338. The molecule has 96 valence electrons. The molecule has 1 saturated carbocycles. The third-order valence-corrected chi connectivity index (χ3v) is 5.37. The van der Waals surface area contributed by atoms with E-state index < -0.39 is 0 Å². The van der Waals surface area contributed by atoms with Crippen LogP contribution in [0.4, 0.5) is 0 Å². The largest absolute Gasteiger partial charge is 0.307 e. The zero-order valence-corrected chi connectivity index (χ0v) is 12.1. The molecular weight excluding hydrogens is 226 g/mol. The van der Waals surface area contributed by atoms with Crippen molar-refractivity contribution in [2.45, 2.75) is 65.0 Å². The molecule has 1 N–H and O–H groups in total. The number of hydrogen-bond donors (Lipinski definition) is 1. The van der Waals surface area contributed by atoms with Crippen molar-refractivity contribution < 1.29 is 0 Å². The molecule has 1 nitrogen and oxygen atoms in total. The normalized spacial score (nSPS) is 21.4. The van der Waals surface area contributed by atoms with Gasteiger partial charge < -0.3 is 5.32 Å². The second kappa shape index (κ2) is 6.01. The van der Waals surface area contributed by atoms with Crippen molar-refractivity contribution in [1.29, 1.82) is 0 Å². The fourth-order valence-electron chi connectivity index (χ4n) is 3.07. The van der Waals surface area contributed by atoms with Crippen LogP contribution in [0.15, 0.2) is 11.4 Å². The summed E-state index contributed by atoms with van der Waals surface area (Å²) in [5.74, 6) is 0.895. The molecule has 17 heavy (non-hydrogen) atoms. The van der Waals surface area contributed by atoms with Crippen LogP contribution in [0.25, 0.3) is 0 Å². The quantitative estimate of drug-likeness (QED) is 0.819. The number of aryl methyl sites for hydroxylation is 1. The molecule has 0 saturated heterocycles. The first-order valence-corrected chi connectivity index (χ1v) is 7.86. The second-order valence-electron chi connectivity index (χ2n) is 5.54. The van der Waals surface area contributed by atoms with E-state index in [9.17, 15) is 0 Å². The maximum atomic E-state index is 3.80. The molecule has 0 radical (unpaired) electrons. The van der Waals surface area contributed by atoms with Crippen LogP contribution < -0.4 is 5.32 Å². The first-order valence-electron chi connectivity index (χ1n) is 6.98. The van der Waals surface area contributed by atoms with Gasteiger partial charge in [0.05, 0.1) is 0 Å². The van der Waals surface area contributed by atoms with Crippen molar-refractivity contribution in [2.75, 3.05) is 0 Å². The smallest absolute Gasteiger partial charge is 0.0390 e. The standard InChI is InChI=1S/C15H25NS/c1-11-9-10-17-15(11)13(3)16-12(2)14-7-5-4-6-8-14/h9-10,12-14,16H,4-8H2,1-3H3/t12-,13?/m1/s1. The van der Waals surface area contributed by atoms with Gasteiger partial charge in [0.1, 0.15) is 0 Å². The van der Waals surface area contributed by atoms with E-state index in [-0.39, 0.29) is 0 Å². The molecule has 1 fully saturated rings. The highest BCUT2D eigenvalue weighted by Crippen LogP contribution is 2.29. The maximum absolute atomic E-state index is 3.80. The lowest BCUT2D eigenvalue weighted by Gasteiger charge is -2.30. The number of thiophene rings is 1. The van der Waals surface area contributed by atoms with E-state index in [1.807, 2.05) is 11.3 Å². The van der Waals surface area contributed by atoms with Crippen molar-refractivity contribution in [3.05, 3.63) is 21.9 Å². The molecule has 0 aromatic carbocycles. The van der Waals surface area contributed by atoms with Gasteiger partial charge in [-0.2, -0.15) is 0 Å². The van der Waals surface area contributed by atoms with Crippen molar-refractivity contribution in [3.63, 3.8) is 0 Å². The first kappa shape index (κ1) is 13.1. The molecule has 1 aliphatic rings. The number of rotatable bonds is 4. The first-order chi connectivity index (χ1) is 8.18. The van der Waals surface area contributed by atoms with Gasteiger partial charge in [0.15, 0.2) is 0 Å². The summed E-state index contributed by atoms with van der Waals surface area (Å²) in [5, 5.41) is 6.01. The minimum absolute atomic E-state index is 0.506. The minimum atomic E-state index is 0.506. The van der Waals surface area contributed by atoms with Crippen LogP contribution in [0.2, 0.25) is 0 Å². The third kappa shape index (κ3) is 3.32. The van der Waals surface area contributed by atoms with Crippen LogP contribution in [-0.4, -0.2) is 6.04 Å². The van der Waals surface area contributed by atoms with Gasteiger partial charge in [0.25, 0.3) is 0 Å². The van der Waals surface area contributed by atoms with E-state index >= 15 is 0 Å². The summed E-state index contributed by atoms with van der Waals surface area (Å²) in [6.45, 7) is 6.89. The van der Waals surface area contributed by atoms with Crippen LogP contribution in [0.1, 0.15) is 62.4 Å². The zero-order chi connectivity index (χ0) is 12.3. The van der Waals surface area contributed by atoms with Crippen molar-refractivity contribution in [2.24, 2.45) is 5.92 Å². The van der Waals surface area contributed by atoms with Gasteiger partial charge in [-0.15, -0.1) is 11.3 Å². The summed E-state index contributed by atoms with van der Waals surface area (Å²) in [7, 11) is 0. The van der Waals surface area contributed by atoms with Gasteiger partial charge in [0, 0.05) is 17.0 Å². The summed E-state index contributed by atoms with van der Waals surface area (Å²) in [6, 6.07) is 3.39. The van der Waals surface area contributed by atoms with Gasteiger partial charge in [-0.3, -0.25) is 0 Å². The van der Waals surface area contributed by atoms with Crippen molar-refractivity contribution >= 4 is 11.3 Å². The molecule has 1 aromatic rings. The molecule has 1 heterocycles. The number of hydrogen-bond acceptors (Lipinski definition) is 2. The molecule has 0 aliphatic heterocycles. The Hall–Kier alpha value is -0.340. The summed E-state index contributed by atoms with van der Waals surface area (Å²) < 4.78 is 0. The molecule has 1 aliphatic carbocycles. The molecule has 2 heteroatoms. The Morgan fingerprint density at radius 3 is 2.53 bits per heavy atom. The monoisotopic (exact) mass is 251 g/mol. The number of nitrogens with one attached hydrogen (secondary N) is 1. The van der Waals surface area contributed by atoms with E-state index in [4.69, 9.17) is 0 Å². The van der Waals surface area contributed by atoms with Crippen molar-refractivity contribution in [1.82, 2.24) is 5.32 Å². The van der Waals surface area contributed by atoms with E-state index in [2.05, 4.69) is 37.5 Å². The summed E-state index contributed by atoms with van der Waals surface area (Å²) in [6.07, 6.45) is 7.16.